The average molecular weight is 440 g/mol. The van der Waals surface area contributed by atoms with E-state index in [9.17, 15) is 4.79 Å². The first kappa shape index (κ1) is 19.7. The Morgan fingerprint density at radius 2 is 1.97 bits per heavy atom. The van der Waals surface area contributed by atoms with Gasteiger partial charge in [0.1, 0.15) is 16.9 Å². The molecule has 0 aliphatic carbocycles. The number of fused-ring (bicyclic) bond motifs is 2. The number of rotatable bonds is 3. The predicted octanol–water partition coefficient (Wildman–Crippen LogP) is 3.61. The maximum absolute atomic E-state index is 15.4. The number of halogens is 2. The third-order valence-electron chi connectivity index (χ3n) is 5.57. The first-order valence-corrected chi connectivity index (χ1v) is 10.2. The number of morpholine rings is 1. The van der Waals surface area contributed by atoms with E-state index in [4.69, 9.17) is 22.1 Å². The Kier molecular flexibility index (Phi) is 4.75. The van der Waals surface area contributed by atoms with Crippen molar-refractivity contribution in [1.29, 1.82) is 0 Å². The van der Waals surface area contributed by atoms with Crippen LogP contribution in [-0.2, 0) is 4.74 Å². The molecule has 4 aromatic rings. The first-order valence-electron chi connectivity index (χ1n) is 9.85. The number of primary amides is 1. The van der Waals surface area contributed by atoms with Crippen molar-refractivity contribution < 1.29 is 13.9 Å². The molecule has 1 aliphatic heterocycles. The number of hydrogen-bond acceptors (Lipinski definition) is 5. The van der Waals surface area contributed by atoms with Crippen molar-refractivity contribution in [2.45, 2.75) is 6.92 Å². The van der Waals surface area contributed by atoms with Gasteiger partial charge in [-0.3, -0.25) is 14.3 Å². The number of carbonyl (C=O) groups excluding carboxylic acids is 1. The van der Waals surface area contributed by atoms with Gasteiger partial charge < -0.3 is 15.4 Å². The summed E-state index contributed by atoms with van der Waals surface area (Å²) in [7, 11) is 0. The fraction of sp³-hybridized carbons (Fsp3) is 0.227. The normalized spacial score (nSPS) is 14.5. The molecular weight excluding hydrogens is 421 g/mol. The molecule has 9 heteroatoms. The topological polar surface area (TPSA) is 86.3 Å². The minimum atomic E-state index is -0.857. The van der Waals surface area contributed by atoms with Gasteiger partial charge in [0.2, 0.25) is 0 Å². The van der Waals surface area contributed by atoms with Gasteiger partial charge in [0, 0.05) is 24.7 Å². The predicted molar refractivity (Wildman–Crippen MR) is 118 cm³/mol. The molecule has 0 spiro atoms. The van der Waals surface area contributed by atoms with E-state index in [0.29, 0.717) is 53.9 Å². The summed E-state index contributed by atoms with van der Waals surface area (Å²) in [6, 6.07) is 9.10. The molecule has 0 atom stereocenters. The fourth-order valence-corrected chi connectivity index (χ4v) is 4.40. The summed E-state index contributed by atoms with van der Waals surface area (Å²) in [4.78, 5) is 23.0. The largest absolute Gasteiger partial charge is 0.378 e. The van der Waals surface area contributed by atoms with Gasteiger partial charge in [0.15, 0.2) is 5.82 Å². The van der Waals surface area contributed by atoms with Crippen molar-refractivity contribution in [2.24, 2.45) is 5.73 Å². The molecule has 0 unspecified atom stereocenters. The molecule has 1 amide bonds. The molecule has 0 bridgehead atoms. The molecule has 3 heterocycles. The van der Waals surface area contributed by atoms with Gasteiger partial charge in [0.25, 0.3) is 5.91 Å². The lowest BCUT2D eigenvalue weighted by molar-refractivity contribution is 0.0998. The highest BCUT2D eigenvalue weighted by Crippen LogP contribution is 2.35. The van der Waals surface area contributed by atoms with Crippen LogP contribution in [0.1, 0.15) is 16.2 Å². The number of benzene rings is 2. The molecule has 31 heavy (non-hydrogen) atoms. The number of nitrogens with two attached hydrogens (primary N) is 1. The lowest BCUT2D eigenvalue weighted by Crippen LogP contribution is -2.37. The smallest absolute Gasteiger partial charge is 0.254 e. The van der Waals surface area contributed by atoms with E-state index in [0.717, 1.165) is 11.1 Å². The molecule has 1 saturated heterocycles. The summed E-state index contributed by atoms with van der Waals surface area (Å²) < 4.78 is 22.7. The number of carbonyl (C=O) groups is 1. The Bertz CT molecular complexity index is 1350. The molecule has 5 rings (SSSR count). The van der Waals surface area contributed by atoms with Crippen molar-refractivity contribution in [3.63, 3.8) is 0 Å². The highest BCUT2D eigenvalue weighted by molar-refractivity contribution is 6.35. The van der Waals surface area contributed by atoms with Crippen molar-refractivity contribution in [1.82, 2.24) is 14.5 Å². The van der Waals surface area contributed by atoms with E-state index in [1.807, 2.05) is 27.7 Å². The van der Waals surface area contributed by atoms with Gasteiger partial charge in [-0.25, -0.2) is 9.37 Å². The van der Waals surface area contributed by atoms with Crippen LogP contribution in [0.25, 0.3) is 27.6 Å². The maximum Gasteiger partial charge on any atom is 0.254 e. The van der Waals surface area contributed by atoms with E-state index in [2.05, 4.69) is 9.97 Å². The summed E-state index contributed by atoms with van der Waals surface area (Å²) in [5.41, 5.74) is 7.93. The van der Waals surface area contributed by atoms with Gasteiger partial charge >= 0.3 is 0 Å². The highest BCUT2D eigenvalue weighted by Gasteiger charge is 2.26. The molecule has 7 nitrogen and oxygen atoms in total. The van der Waals surface area contributed by atoms with E-state index < -0.39 is 11.7 Å². The monoisotopic (exact) mass is 439 g/mol. The van der Waals surface area contributed by atoms with Crippen LogP contribution in [0.4, 0.5) is 10.1 Å². The zero-order valence-corrected chi connectivity index (χ0v) is 17.5. The molecule has 0 radical (unpaired) electrons. The highest BCUT2D eigenvalue weighted by atomic mass is 35.5. The van der Waals surface area contributed by atoms with Crippen LogP contribution in [0.5, 0.6) is 0 Å². The van der Waals surface area contributed by atoms with Crippen molar-refractivity contribution in [3.05, 3.63) is 58.8 Å². The Morgan fingerprint density at radius 1 is 1.19 bits per heavy atom. The molecule has 158 valence electrons. The van der Waals surface area contributed by atoms with Gasteiger partial charge in [-0.05, 0) is 25.1 Å². The Balaban J connectivity index is 1.85. The summed E-state index contributed by atoms with van der Waals surface area (Å²) in [5.74, 6) is -0.928. The third-order valence-corrected chi connectivity index (χ3v) is 5.88. The molecule has 1 fully saturated rings. The van der Waals surface area contributed by atoms with Gasteiger partial charge in [-0.15, -0.1) is 0 Å². The van der Waals surface area contributed by atoms with E-state index in [1.54, 1.807) is 25.3 Å². The maximum atomic E-state index is 15.4. The van der Waals surface area contributed by atoms with Crippen LogP contribution in [-0.4, -0.2) is 46.7 Å². The molecule has 2 aromatic heterocycles. The fourth-order valence-electron chi connectivity index (χ4n) is 4.17. The Hall–Kier alpha value is -3.23. The summed E-state index contributed by atoms with van der Waals surface area (Å²) in [6.07, 6.45) is 1.66. The minimum absolute atomic E-state index is 0.211. The van der Waals surface area contributed by atoms with E-state index in [1.165, 1.54) is 0 Å². The van der Waals surface area contributed by atoms with Gasteiger partial charge in [-0.1, -0.05) is 23.7 Å². The number of amides is 1. The zero-order valence-electron chi connectivity index (χ0n) is 16.7. The van der Waals surface area contributed by atoms with Gasteiger partial charge in [0.05, 0.1) is 40.6 Å². The van der Waals surface area contributed by atoms with Crippen LogP contribution in [0.3, 0.4) is 0 Å². The van der Waals surface area contributed by atoms with Crippen LogP contribution >= 0.6 is 11.6 Å². The average Bonchev–Trinajstić information content (AvgIpc) is 3.08. The van der Waals surface area contributed by atoms with Crippen LogP contribution in [0.15, 0.2) is 36.5 Å². The minimum Gasteiger partial charge on any atom is -0.378 e. The first-order chi connectivity index (χ1) is 15.0. The van der Waals surface area contributed by atoms with Crippen LogP contribution in [0.2, 0.25) is 5.02 Å². The number of hydrogen-bond donors (Lipinski definition) is 1. The second-order valence-electron chi connectivity index (χ2n) is 7.38. The number of para-hydroxylation sites is 1. The lowest BCUT2D eigenvalue weighted by atomic mass is 10.1. The summed E-state index contributed by atoms with van der Waals surface area (Å²) in [5, 5.41) is 1.34. The molecule has 0 saturated carbocycles. The standard InChI is InChI=1S/C22H19ClFN5O2/c1-12-27-21-17(29(12)15-5-6-26-20-13(15)3-2-4-14(20)23)11-16(19(24)18(21)22(25)30)28-7-9-31-10-8-28/h2-6,11H,7-10H2,1H3,(H2,25,30). The van der Waals surface area contributed by atoms with Crippen LogP contribution in [0, 0.1) is 12.7 Å². The van der Waals surface area contributed by atoms with Crippen molar-refractivity contribution in [3.8, 4) is 5.69 Å². The van der Waals surface area contributed by atoms with Crippen molar-refractivity contribution in [2.75, 3.05) is 31.2 Å². The number of ether oxygens (including phenoxy) is 1. The molecule has 2 N–H and O–H groups in total. The number of anilines is 1. The molecular formula is C22H19ClFN5O2. The number of aromatic nitrogens is 3. The number of pyridine rings is 1. The molecule has 2 aromatic carbocycles. The van der Waals surface area contributed by atoms with E-state index in [-0.39, 0.29) is 11.1 Å². The summed E-state index contributed by atoms with van der Waals surface area (Å²) >= 11 is 6.35. The van der Waals surface area contributed by atoms with E-state index >= 15 is 4.39 Å². The molecule has 1 aliphatic rings. The summed E-state index contributed by atoms with van der Waals surface area (Å²) in [6.45, 7) is 3.79. The SMILES string of the molecule is Cc1nc2c(C(N)=O)c(F)c(N3CCOCC3)cc2n1-c1ccnc2c(Cl)cccc12. The quantitative estimate of drug-likeness (QED) is 0.527. The lowest BCUT2D eigenvalue weighted by Gasteiger charge is -2.29. The Labute approximate surface area is 182 Å². The third kappa shape index (κ3) is 3.10. The zero-order chi connectivity index (χ0) is 21.7. The second kappa shape index (κ2) is 7.47. The Morgan fingerprint density at radius 3 is 2.71 bits per heavy atom. The number of nitrogens with zero attached hydrogens (tertiary/aromatic N) is 4. The van der Waals surface area contributed by atoms with Gasteiger partial charge in [-0.2, -0.15) is 0 Å². The number of imidazole rings is 1. The van der Waals surface area contributed by atoms with Crippen molar-refractivity contribution >= 4 is 45.1 Å². The number of aryl methyl sites for hydroxylation is 1. The second-order valence-corrected chi connectivity index (χ2v) is 7.78. The van der Waals surface area contributed by atoms with Crippen LogP contribution < -0.4 is 10.6 Å².